The average molecular weight is 431 g/mol. The SMILES string of the molecule is Cc1cccc(Cn2cnc(NC(=O)c3noc(C)c3COc3c(C)cccc3C)n2)c1. The second kappa shape index (κ2) is 9.05. The molecule has 0 aliphatic rings. The monoisotopic (exact) mass is 431 g/mol. The fourth-order valence-corrected chi connectivity index (χ4v) is 3.50. The second-order valence-corrected chi connectivity index (χ2v) is 7.78. The maximum absolute atomic E-state index is 12.8. The Labute approximate surface area is 186 Å². The van der Waals surface area contributed by atoms with Crippen molar-refractivity contribution in [1.29, 1.82) is 0 Å². The number of carbonyl (C=O) groups is 1. The minimum absolute atomic E-state index is 0.156. The quantitative estimate of drug-likeness (QED) is 0.467. The summed E-state index contributed by atoms with van der Waals surface area (Å²) >= 11 is 0. The second-order valence-electron chi connectivity index (χ2n) is 7.78. The van der Waals surface area contributed by atoms with Crippen molar-refractivity contribution in [2.75, 3.05) is 5.32 Å². The Balaban J connectivity index is 1.45. The number of aromatic nitrogens is 4. The number of carbonyl (C=O) groups excluding carboxylic acids is 1. The summed E-state index contributed by atoms with van der Waals surface area (Å²) in [6, 6.07) is 14.1. The molecule has 0 aliphatic carbocycles. The van der Waals surface area contributed by atoms with E-state index in [0.717, 1.165) is 22.4 Å². The molecule has 0 radical (unpaired) electrons. The lowest BCUT2D eigenvalue weighted by Gasteiger charge is -2.11. The molecule has 0 spiro atoms. The number of nitrogens with zero attached hydrogens (tertiary/aromatic N) is 4. The van der Waals surface area contributed by atoms with Gasteiger partial charge in [0, 0.05) is 0 Å². The fraction of sp³-hybridized carbons (Fsp3) is 0.250. The summed E-state index contributed by atoms with van der Waals surface area (Å²) in [5.74, 6) is 1.07. The van der Waals surface area contributed by atoms with Crippen LogP contribution in [-0.4, -0.2) is 25.8 Å². The number of rotatable bonds is 7. The van der Waals surface area contributed by atoms with Crippen LogP contribution in [0.2, 0.25) is 0 Å². The van der Waals surface area contributed by atoms with Crippen molar-refractivity contribution in [2.24, 2.45) is 0 Å². The summed E-state index contributed by atoms with van der Waals surface area (Å²) < 4.78 is 12.9. The molecule has 1 amide bonds. The van der Waals surface area contributed by atoms with E-state index in [0.29, 0.717) is 17.9 Å². The van der Waals surface area contributed by atoms with Crippen LogP contribution in [0.5, 0.6) is 5.75 Å². The molecular formula is C24H25N5O3. The van der Waals surface area contributed by atoms with Crippen LogP contribution in [0.3, 0.4) is 0 Å². The molecule has 32 heavy (non-hydrogen) atoms. The summed E-state index contributed by atoms with van der Waals surface area (Å²) in [6.45, 7) is 8.48. The number of para-hydroxylation sites is 1. The van der Waals surface area contributed by atoms with E-state index >= 15 is 0 Å². The van der Waals surface area contributed by atoms with Crippen LogP contribution in [0.4, 0.5) is 5.95 Å². The van der Waals surface area contributed by atoms with Crippen molar-refractivity contribution in [3.05, 3.63) is 88.1 Å². The van der Waals surface area contributed by atoms with Crippen LogP contribution < -0.4 is 10.1 Å². The van der Waals surface area contributed by atoms with Crippen LogP contribution in [0.25, 0.3) is 0 Å². The summed E-state index contributed by atoms with van der Waals surface area (Å²) in [7, 11) is 0. The van der Waals surface area contributed by atoms with E-state index in [-0.39, 0.29) is 18.2 Å². The predicted octanol–water partition coefficient (Wildman–Crippen LogP) is 4.38. The van der Waals surface area contributed by atoms with Crippen LogP contribution in [0, 0.1) is 27.7 Å². The molecule has 0 atom stereocenters. The third-order valence-corrected chi connectivity index (χ3v) is 5.16. The molecule has 0 fully saturated rings. The van der Waals surface area contributed by atoms with Crippen LogP contribution in [0.1, 0.15) is 44.1 Å². The molecule has 4 aromatic rings. The topological polar surface area (TPSA) is 95.1 Å². The van der Waals surface area contributed by atoms with E-state index in [2.05, 4.69) is 26.6 Å². The first-order chi connectivity index (χ1) is 15.4. The maximum Gasteiger partial charge on any atom is 0.280 e. The number of aryl methyl sites for hydroxylation is 4. The van der Waals surface area contributed by atoms with Gasteiger partial charge < -0.3 is 9.26 Å². The lowest BCUT2D eigenvalue weighted by molar-refractivity contribution is 0.101. The van der Waals surface area contributed by atoms with Crippen LogP contribution >= 0.6 is 0 Å². The average Bonchev–Trinajstić information content (AvgIpc) is 3.34. The zero-order valence-corrected chi connectivity index (χ0v) is 18.5. The highest BCUT2D eigenvalue weighted by Crippen LogP contribution is 2.25. The Kier molecular flexibility index (Phi) is 6.02. The summed E-state index contributed by atoms with van der Waals surface area (Å²) in [4.78, 5) is 17.0. The van der Waals surface area contributed by atoms with Crippen LogP contribution in [0.15, 0.2) is 53.3 Å². The van der Waals surface area contributed by atoms with Gasteiger partial charge in [0.15, 0.2) is 5.69 Å². The van der Waals surface area contributed by atoms with Crippen LogP contribution in [-0.2, 0) is 13.2 Å². The van der Waals surface area contributed by atoms with Gasteiger partial charge in [-0.1, -0.05) is 53.2 Å². The molecule has 0 saturated carbocycles. The van der Waals surface area contributed by atoms with Gasteiger partial charge in [-0.3, -0.25) is 10.1 Å². The number of hydrogen-bond acceptors (Lipinski definition) is 6. The Morgan fingerprint density at radius 3 is 2.59 bits per heavy atom. The lowest BCUT2D eigenvalue weighted by atomic mass is 10.1. The highest BCUT2D eigenvalue weighted by Gasteiger charge is 2.22. The van der Waals surface area contributed by atoms with E-state index in [9.17, 15) is 4.79 Å². The zero-order valence-electron chi connectivity index (χ0n) is 18.5. The van der Waals surface area contributed by atoms with E-state index < -0.39 is 5.91 Å². The van der Waals surface area contributed by atoms with Crippen molar-refractivity contribution < 1.29 is 14.1 Å². The van der Waals surface area contributed by atoms with Crippen molar-refractivity contribution >= 4 is 11.9 Å². The first-order valence-corrected chi connectivity index (χ1v) is 10.3. The van der Waals surface area contributed by atoms with Gasteiger partial charge in [-0.05, 0) is 44.4 Å². The molecule has 2 aromatic carbocycles. The maximum atomic E-state index is 12.8. The first-order valence-electron chi connectivity index (χ1n) is 10.3. The molecule has 2 aromatic heterocycles. The van der Waals surface area contributed by atoms with E-state index in [1.54, 1.807) is 17.9 Å². The number of nitrogens with one attached hydrogen (secondary N) is 1. The highest BCUT2D eigenvalue weighted by atomic mass is 16.5. The molecule has 0 unspecified atom stereocenters. The Hall–Kier alpha value is -3.94. The highest BCUT2D eigenvalue weighted by molar-refractivity contribution is 6.02. The largest absolute Gasteiger partial charge is 0.488 e. The summed E-state index contributed by atoms with van der Waals surface area (Å²) in [6.07, 6.45) is 1.58. The number of hydrogen-bond donors (Lipinski definition) is 1. The molecule has 164 valence electrons. The number of amides is 1. The molecule has 0 bridgehead atoms. The lowest BCUT2D eigenvalue weighted by Crippen LogP contribution is -2.16. The molecule has 8 heteroatoms. The molecule has 0 saturated heterocycles. The summed E-state index contributed by atoms with van der Waals surface area (Å²) in [5, 5.41) is 11.0. The molecule has 8 nitrogen and oxygen atoms in total. The van der Waals surface area contributed by atoms with Gasteiger partial charge >= 0.3 is 0 Å². The van der Waals surface area contributed by atoms with Gasteiger partial charge in [0.2, 0.25) is 5.95 Å². The Bertz CT molecular complexity index is 1240. The Morgan fingerprint density at radius 2 is 1.84 bits per heavy atom. The normalized spacial score (nSPS) is 10.9. The smallest absolute Gasteiger partial charge is 0.280 e. The zero-order chi connectivity index (χ0) is 22.7. The van der Waals surface area contributed by atoms with Gasteiger partial charge in [0.25, 0.3) is 5.91 Å². The van der Waals surface area contributed by atoms with E-state index in [1.807, 2.05) is 57.2 Å². The van der Waals surface area contributed by atoms with Gasteiger partial charge in [-0.25, -0.2) is 9.67 Å². The third-order valence-electron chi connectivity index (χ3n) is 5.16. The van der Waals surface area contributed by atoms with E-state index in [4.69, 9.17) is 9.26 Å². The summed E-state index contributed by atoms with van der Waals surface area (Å²) in [5.41, 5.74) is 5.06. The predicted molar refractivity (Wildman–Crippen MR) is 120 cm³/mol. The molecule has 4 rings (SSSR count). The van der Waals surface area contributed by atoms with Crippen molar-refractivity contribution in [3.8, 4) is 5.75 Å². The molecule has 1 N–H and O–H groups in total. The Morgan fingerprint density at radius 1 is 1.09 bits per heavy atom. The van der Waals surface area contributed by atoms with Gasteiger partial charge in [0.05, 0.1) is 12.1 Å². The van der Waals surface area contributed by atoms with Gasteiger partial charge in [-0.15, -0.1) is 5.10 Å². The molecular weight excluding hydrogens is 406 g/mol. The van der Waals surface area contributed by atoms with Gasteiger partial charge in [-0.2, -0.15) is 0 Å². The number of ether oxygens (including phenoxy) is 1. The van der Waals surface area contributed by atoms with Crippen molar-refractivity contribution in [3.63, 3.8) is 0 Å². The van der Waals surface area contributed by atoms with Gasteiger partial charge in [0.1, 0.15) is 24.4 Å². The molecule has 0 aliphatic heterocycles. The van der Waals surface area contributed by atoms with Crippen molar-refractivity contribution in [2.45, 2.75) is 40.8 Å². The van der Waals surface area contributed by atoms with Crippen molar-refractivity contribution in [1.82, 2.24) is 19.9 Å². The minimum atomic E-state index is -0.449. The van der Waals surface area contributed by atoms with E-state index in [1.165, 1.54) is 5.56 Å². The fourth-order valence-electron chi connectivity index (χ4n) is 3.50. The third kappa shape index (κ3) is 4.69. The number of anilines is 1. The minimum Gasteiger partial charge on any atom is -0.488 e. The first kappa shape index (κ1) is 21.3. The number of benzene rings is 2. The standard InChI is InChI=1S/C24H25N5O3/c1-15-7-5-10-19(11-15)12-29-14-25-24(27-29)26-23(30)21-20(18(4)32-28-21)13-31-22-16(2)8-6-9-17(22)3/h5-11,14H,12-13H2,1-4H3,(H,26,27,30). The molecule has 2 heterocycles.